The van der Waals surface area contributed by atoms with Gasteiger partial charge in [0.15, 0.2) is 0 Å². The molecule has 0 unspecified atom stereocenters. The average molecular weight is 585 g/mol. The van der Waals surface area contributed by atoms with Crippen LogP contribution in [0, 0.1) is 0 Å². The fraction of sp³-hybridized carbons (Fsp3) is 0.636. The van der Waals surface area contributed by atoms with Crippen LogP contribution in [0.2, 0.25) is 0 Å². The Kier molecular flexibility index (Phi) is 12.0. The van der Waals surface area contributed by atoms with Gasteiger partial charge in [0.05, 0.1) is 64.1 Å². The minimum Gasteiger partial charge on any atom is -0.399 e. The van der Waals surface area contributed by atoms with Crippen molar-refractivity contribution >= 4 is 12.6 Å². The molecule has 0 radical (unpaired) electrons. The largest absolute Gasteiger partial charge is 0.494 e. The summed E-state index contributed by atoms with van der Waals surface area (Å²) in [7, 11) is 2.92. The molecule has 4 rings (SSSR count). The molecule has 0 bridgehead atoms. The first-order chi connectivity index (χ1) is 20.3. The van der Waals surface area contributed by atoms with E-state index in [0.717, 1.165) is 18.3 Å². The number of fused-ring (bicyclic) bond motifs is 3. The highest BCUT2D eigenvalue weighted by Crippen LogP contribution is 2.52. The van der Waals surface area contributed by atoms with Gasteiger partial charge in [0.1, 0.15) is 0 Å². The third-order valence-electron chi connectivity index (χ3n) is 8.77. The van der Waals surface area contributed by atoms with Crippen LogP contribution in [-0.2, 0) is 43.1 Å². The van der Waals surface area contributed by atoms with E-state index in [2.05, 4.69) is 70.2 Å². The molecule has 0 saturated carbocycles. The van der Waals surface area contributed by atoms with Crippen LogP contribution in [0.15, 0.2) is 42.5 Å². The smallest absolute Gasteiger partial charge is 0.399 e. The lowest BCUT2D eigenvalue weighted by Gasteiger charge is -2.33. The van der Waals surface area contributed by atoms with Crippen molar-refractivity contribution in [3.05, 3.63) is 53.6 Å². The first kappa shape index (κ1) is 33.1. The van der Waals surface area contributed by atoms with Gasteiger partial charge in [-0.2, -0.15) is 0 Å². The van der Waals surface area contributed by atoms with E-state index in [1.54, 1.807) is 14.2 Å². The van der Waals surface area contributed by atoms with E-state index in [9.17, 15) is 0 Å². The highest BCUT2D eigenvalue weighted by molar-refractivity contribution is 6.62. The lowest BCUT2D eigenvalue weighted by Crippen LogP contribution is -2.41. The third kappa shape index (κ3) is 7.63. The lowest BCUT2D eigenvalue weighted by atomic mass is 9.70. The topological polar surface area (TPSA) is 73.8 Å². The first-order valence-corrected chi connectivity index (χ1v) is 15.1. The van der Waals surface area contributed by atoms with Gasteiger partial charge in [-0.05, 0) is 68.3 Å². The maximum atomic E-state index is 6.44. The molecular weight excluding hydrogens is 535 g/mol. The second-order valence-corrected chi connectivity index (χ2v) is 12.0. The van der Waals surface area contributed by atoms with Crippen molar-refractivity contribution in [2.75, 3.05) is 80.3 Å². The standard InChI is InChI=1S/C33H49BO8/c1-31(2)32(3,4)42-34(41-31)26-11-12-28-27-9-7-8-10-29(27)33(30(28)25-26,13-15-37-21-23-39-19-17-35-5)14-16-38-22-24-40-20-18-36-6/h7-12,25H,13-24H2,1-6H3. The van der Waals surface area contributed by atoms with Crippen LogP contribution in [-0.4, -0.2) is 98.6 Å². The normalized spacial score (nSPS) is 17.9. The van der Waals surface area contributed by atoms with E-state index >= 15 is 0 Å². The van der Waals surface area contributed by atoms with Crippen molar-refractivity contribution in [1.29, 1.82) is 0 Å². The van der Waals surface area contributed by atoms with E-state index in [1.165, 1.54) is 22.3 Å². The molecule has 0 aromatic heterocycles. The van der Waals surface area contributed by atoms with Crippen molar-refractivity contribution in [2.24, 2.45) is 0 Å². The minimum absolute atomic E-state index is 0.278. The second kappa shape index (κ2) is 15.3. The monoisotopic (exact) mass is 584 g/mol. The highest BCUT2D eigenvalue weighted by atomic mass is 16.7. The SMILES string of the molecule is COCCOCCOCCC1(CCOCCOCCOC)c2ccccc2-c2ccc(B3OC(C)(C)C(C)(C)O3)cc21. The lowest BCUT2D eigenvalue weighted by molar-refractivity contribution is 0.00578. The molecule has 0 spiro atoms. The Morgan fingerprint density at radius 3 is 1.60 bits per heavy atom. The summed E-state index contributed by atoms with van der Waals surface area (Å²) in [6.45, 7) is 14.0. The zero-order chi connectivity index (χ0) is 30.1. The molecule has 0 amide bonds. The molecule has 0 N–H and O–H groups in total. The summed E-state index contributed by atoms with van der Waals surface area (Å²) in [6, 6.07) is 15.4. The van der Waals surface area contributed by atoms with Gasteiger partial charge in [-0.3, -0.25) is 0 Å². The summed E-state index contributed by atoms with van der Waals surface area (Å²) in [4.78, 5) is 0. The molecule has 2 aromatic rings. The fourth-order valence-electron chi connectivity index (χ4n) is 5.68. The van der Waals surface area contributed by atoms with Crippen LogP contribution in [0.1, 0.15) is 51.7 Å². The number of hydrogen-bond acceptors (Lipinski definition) is 8. The summed E-state index contributed by atoms with van der Waals surface area (Å²) >= 11 is 0. The molecule has 1 aliphatic heterocycles. The molecule has 1 saturated heterocycles. The molecule has 1 fully saturated rings. The predicted molar refractivity (Wildman–Crippen MR) is 165 cm³/mol. The first-order valence-electron chi connectivity index (χ1n) is 15.1. The number of rotatable bonds is 19. The highest BCUT2D eigenvalue weighted by Gasteiger charge is 2.52. The van der Waals surface area contributed by atoms with Gasteiger partial charge in [-0.15, -0.1) is 0 Å². The number of methoxy groups -OCH3 is 2. The van der Waals surface area contributed by atoms with Crippen molar-refractivity contribution in [1.82, 2.24) is 0 Å². The van der Waals surface area contributed by atoms with E-state index in [1.807, 2.05) is 0 Å². The van der Waals surface area contributed by atoms with Gasteiger partial charge >= 0.3 is 7.12 Å². The Hall–Kier alpha value is -1.82. The second-order valence-electron chi connectivity index (χ2n) is 12.0. The Morgan fingerprint density at radius 1 is 0.571 bits per heavy atom. The average Bonchev–Trinajstić information content (AvgIpc) is 3.37. The van der Waals surface area contributed by atoms with Crippen LogP contribution in [0.4, 0.5) is 0 Å². The summed E-state index contributed by atoms with van der Waals surface area (Å²) in [5.41, 5.74) is 5.03. The number of ether oxygens (including phenoxy) is 6. The van der Waals surface area contributed by atoms with Crippen molar-refractivity contribution in [3.63, 3.8) is 0 Å². The predicted octanol–water partition coefficient (Wildman–Crippen LogP) is 4.39. The zero-order valence-corrected chi connectivity index (χ0v) is 26.4. The van der Waals surface area contributed by atoms with E-state index in [4.69, 9.17) is 37.7 Å². The van der Waals surface area contributed by atoms with Crippen LogP contribution in [0.5, 0.6) is 0 Å². The zero-order valence-electron chi connectivity index (χ0n) is 26.4. The van der Waals surface area contributed by atoms with Gasteiger partial charge < -0.3 is 37.7 Å². The van der Waals surface area contributed by atoms with E-state index in [-0.39, 0.29) is 5.41 Å². The van der Waals surface area contributed by atoms with Gasteiger partial charge in [0.25, 0.3) is 0 Å². The maximum Gasteiger partial charge on any atom is 0.494 e. The van der Waals surface area contributed by atoms with Gasteiger partial charge in [0.2, 0.25) is 0 Å². The van der Waals surface area contributed by atoms with Crippen LogP contribution in [0.3, 0.4) is 0 Å². The number of hydrogen-bond donors (Lipinski definition) is 0. The molecule has 1 aliphatic carbocycles. The van der Waals surface area contributed by atoms with Crippen molar-refractivity contribution in [3.8, 4) is 11.1 Å². The fourth-order valence-corrected chi connectivity index (χ4v) is 5.68. The van der Waals surface area contributed by atoms with Crippen molar-refractivity contribution < 1.29 is 37.7 Å². The van der Waals surface area contributed by atoms with Crippen LogP contribution in [0.25, 0.3) is 11.1 Å². The van der Waals surface area contributed by atoms with Crippen molar-refractivity contribution in [2.45, 2.75) is 57.2 Å². The molecule has 232 valence electrons. The Balaban J connectivity index is 1.55. The maximum absolute atomic E-state index is 6.44. The molecule has 0 atom stereocenters. The summed E-state index contributed by atoms with van der Waals surface area (Å²) < 4.78 is 46.4. The molecular formula is C33H49BO8. The third-order valence-corrected chi connectivity index (χ3v) is 8.77. The van der Waals surface area contributed by atoms with Gasteiger partial charge in [-0.25, -0.2) is 0 Å². The Labute approximate surface area is 252 Å². The van der Waals surface area contributed by atoms with Gasteiger partial charge in [-0.1, -0.05) is 42.5 Å². The Morgan fingerprint density at radius 2 is 1.05 bits per heavy atom. The van der Waals surface area contributed by atoms with E-state index < -0.39 is 18.3 Å². The molecule has 42 heavy (non-hydrogen) atoms. The molecule has 2 aromatic carbocycles. The minimum atomic E-state index is -0.428. The number of benzene rings is 2. The Bertz CT molecular complexity index is 1080. The van der Waals surface area contributed by atoms with Crippen LogP contribution >= 0.6 is 0 Å². The quantitative estimate of drug-likeness (QED) is 0.178. The van der Waals surface area contributed by atoms with Gasteiger partial charge in [0, 0.05) is 32.8 Å². The summed E-state index contributed by atoms with van der Waals surface area (Å²) in [5, 5.41) is 0. The molecule has 1 heterocycles. The molecule has 9 heteroatoms. The van der Waals surface area contributed by atoms with Crippen LogP contribution < -0.4 is 5.46 Å². The summed E-state index contributed by atoms with van der Waals surface area (Å²) in [5.74, 6) is 0. The van der Waals surface area contributed by atoms with E-state index in [0.29, 0.717) is 66.1 Å². The molecule has 8 nitrogen and oxygen atoms in total. The summed E-state index contributed by atoms with van der Waals surface area (Å²) in [6.07, 6.45) is 1.63. The molecule has 2 aliphatic rings.